The summed E-state index contributed by atoms with van der Waals surface area (Å²) in [7, 11) is 1.63. The van der Waals surface area contributed by atoms with Crippen molar-refractivity contribution in [2.24, 2.45) is 0 Å². The Bertz CT molecular complexity index is 453. The van der Waals surface area contributed by atoms with Crippen molar-refractivity contribution in [1.29, 1.82) is 0 Å². The minimum Gasteiger partial charge on any atom is -0.497 e. The molecule has 1 aliphatic heterocycles. The second-order valence-corrected chi connectivity index (χ2v) is 5.05. The molecule has 1 aliphatic rings. The zero-order chi connectivity index (χ0) is 14.5. The van der Waals surface area contributed by atoms with Gasteiger partial charge in [-0.2, -0.15) is 0 Å². The lowest BCUT2D eigenvalue weighted by molar-refractivity contribution is -0.133. The van der Waals surface area contributed by atoms with Crippen molar-refractivity contribution < 1.29 is 14.6 Å². The van der Waals surface area contributed by atoms with Crippen LogP contribution in [0.1, 0.15) is 18.9 Å². The van der Waals surface area contributed by atoms with Gasteiger partial charge < -0.3 is 20.1 Å². The van der Waals surface area contributed by atoms with E-state index in [4.69, 9.17) is 4.74 Å². The van der Waals surface area contributed by atoms with Crippen LogP contribution in [-0.2, 0) is 11.3 Å². The Kier molecular flexibility index (Phi) is 6.95. The first-order valence-corrected chi connectivity index (χ1v) is 6.97. The first-order valence-electron chi connectivity index (χ1n) is 6.97. The van der Waals surface area contributed by atoms with Crippen LogP contribution >= 0.6 is 12.4 Å². The Morgan fingerprint density at radius 3 is 2.57 bits per heavy atom. The summed E-state index contributed by atoms with van der Waals surface area (Å²) in [6, 6.07) is 7.46. The van der Waals surface area contributed by atoms with Crippen LogP contribution in [0.3, 0.4) is 0 Å². The van der Waals surface area contributed by atoms with Crippen molar-refractivity contribution in [3.05, 3.63) is 29.8 Å². The Labute approximate surface area is 131 Å². The van der Waals surface area contributed by atoms with Gasteiger partial charge in [-0.3, -0.25) is 4.79 Å². The average molecular weight is 315 g/mol. The van der Waals surface area contributed by atoms with Crippen LogP contribution in [0, 0.1) is 0 Å². The number of likely N-dealkylation sites (N-methyl/N-ethyl adjacent to an activating group) is 1. The van der Waals surface area contributed by atoms with Gasteiger partial charge in [-0.1, -0.05) is 12.1 Å². The van der Waals surface area contributed by atoms with Crippen molar-refractivity contribution >= 4 is 18.3 Å². The van der Waals surface area contributed by atoms with Gasteiger partial charge >= 0.3 is 0 Å². The number of nitrogens with one attached hydrogen (secondary N) is 1. The largest absolute Gasteiger partial charge is 0.497 e. The van der Waals surface area contributed by atoms with Gasteiger partial charge in [0.05, 0.1) is 19.3 Å². The summed E-state index contributed by atoms with van der Waals surface area (Å²) >= 11 is 0. The molecule has 1 aromatic carbocycles. The molecule has 0 saturated carbocycles. The zero-order valence-electron chi connectivity index (χ0n) is 12.4. The monoisotopic (exact) mass is 314 g/mol. The Morgan fingerprint density at radius 1 is 1.43 bits per heavy atom. The fraction of sp³-hybridized carbons (Fsp3) is 0.533. The highest BCUT2D eigenvalue weighted by Crippen LogP contribution is 2.15. The van der Waals surface area contributed by atoms with E-state index in [2.05, 4.69) is 5.32 Å². The number of methoxy groups -OCH3 is 1. The van der Waals surface area contributed by atoms with Crippen molar-refractivity contribution in [2.75, 3.05) is 20.2 Å². The number of carbonyl (C=O) groups is 1. The third-order valence-corrected chi connectivity index (χ3v) is 3.63. The first kappa shape index (κ1) is 17.8. The molecule has 0 aromatic heterocycles. The van der Waals surface area contributed by atoms with Gasteiger partial charge in [-0.05, 0) is 31.0 Å². The number of rotatable bonds is 5. The predicted molar refractivity (Wildman–Crippen MR) is 83.7 cm³/mol. The molecular formula is C15H23ClN2O3. The third kappa shape index (κ3) is 4.59. The first-order chi connectivity index (χ1) is 9.63. The van der Waals surface area contributed by atoms with Crippen molar-refractivity contribution in [2.45, 2.75) is 32.0 Å². The molecule has 1 amide bonds. The summed E-state index contributed by atoms with van der Waals surface area (Å²) in [4.78, 5) is 14.2. The summed E-state index contributed by atoms with van der Waals surface area (Å²) in [6.45, 7) is 3.69. The number of β-amino-alcohol motifs (C(OH)–C–C–N with tert-alkyl or cyclic N) is 1. The van der Waals surface area contributed by atoms with Crippen LogP contribution in [0.5, 0.6) is 5.75 Å². The molecule has 1 heterocycles. The average Bonchev–Trinajstić information content (AvgIpc) is 2.91. The number of nitrogens with zero attached hydrogens (tertiary/aromatic N) is 1. The number of halogens is 1. The number of aliphatic hydroxyl groups excluding tert-OH is 1. The third-order valence-electron chi connectivity index (χ3n) is 3.63. The highest BCUT2D eigenvalue weighted by Gasteiger charge is 2.30. The Morgan fingerprint density at radius 2 is 2.10 bits per heavy atom. The molecule has 21 heavy (non-hydrogen) atoms. The van der Waals surface area contributed by atoms with Crippen molar-refractivity contribution in [3.63, 3.8) is 0 Å². The maximum Gasteiger partial charge on any atom is 0.240 e. The highest BCUT2D eigenvalue weighted by molar-refractivity contribution is 5.85. The smallest absolute Gasteiger partial charge is 0.240 e. The summed E-state index contributed by atoms with van der Waals surface area (Å²) in [5, 5.41) is 12.6. The molecule has 2 unspecified atom stereocenters. The predicted octanol–water partition coefficient (Wildman–Crippen LogP) is 1.19. The van der Waals surface area contributed by atoms with Gasteiger partial charge in [-0.15, -0.1) is 12.4 Å². The lowest BCUT2D eigenvalue weighted by Crippen LogP contribution is -2.43. The lowest BCUT2D eigenvalue weighted by Gasteiger charge is -2.24. The number of aliphatic hydroxyl groups is 1. The quantitative estimate of drug-likeness (QED) is 0.857. The van der Waals surface area contributed by atoms with Gasteiger partial charge in [0.1, 0.15) is 5.75 Å². The second kappa shape index (κ2) is 8.22. The van der Waals surface area contributed by atoms with Gasteiger partial charge in [0.2, 0.25) is 5.91 Å². The molecule has 2 rings (SSSR count). The van der Waals surface area contributed by atoms with Crippen LogP contribution < -0.4 is 10.1 Å². The number of carbonyl (C=O) groups excluding carboxylic acids is 1. The minimum absolute atomic E-state index is 0. The topological polar surface area (TPSA) is 61.8 Å². The van der Waals surface area contributed by atoms with E-state index in [0.29, 0.717) is 26.1 Å². The minimum atomic E-state index is -0.413. The SMILES string of the molecule is CCN(Cc1ccc(OC)cc1)C(=O)C1CC(O)CN1.Cl. The normalized spacial score (nSPS) is 20.7. The number of hydrogen-bond donors (Lipinski definition) is 2. The van der Waals surface area contributed by atoms with E-state index in [1.165, 1.54) is 0 Å². The molecule has 5 nitrogen and oxygen atoms in total. The molecule has 1 saturated heterocycles. The molecule has 1 aromatic rings. The maximum absolute atomic E-state index is 12.4. The van der Waals surface area contributed by atoms with E-state index in [1.807, 2.05) is 31.2 Å². The van der Waals surface area contributed by atoms with E-state index in [-0.39, 0.29) is 24.4 Å². The maximum atomic E-state index is 12.4. The molecule has 6 heteroatoms. The van der Waals surface area contributed by atoms with E-state index < -0.39 is 6.10 Å². The molecule has 2 N–H and O–H groups in total. The number of ether oxygens (including phenoxy) is 1. The molecule has 0 bridgehead atoms. The van der Waals surface area contributed by atoms with Crippen LogP contribution in [0.25, 0.3) is 0 Å². The molecule has 2 atom stereocenters. The summed E-state index contributed by atoms with van der Waals surface area (Å²) in [6.07, 6.45) is 0.0847. The molecule has 118 valence electrons. The van der Waals surface area contributed by atoms with Gasteiger partial charge in [0, 0.05) is 19.6 Å². The van der Waals surface area contributed by atoms with Crippen molar-refractivity contribution in [1.82, 2.24) is 10.2 Å². The second-order valence-electron chi connectivity index (χ2n) is 5.05. The van der Waals surface area contributed by atoms with E-state index in [0.717, 1.165) is 11.3 Å². The summed E-state index contributed by atoms with van der Waals surface area (Å²) < 4.78 is 5.12. The van der Waals surface area contributed by atoms with E-state index >= 15 is 0 Å². The number of amides is 1. The van der Waals surface area contributed by atoms with Crippen LogP contribution in [0.15, 0.2) is 24.3 Å². The summed E-state index contributed by atoms with van der Waals surface area (Å²) in [5.41, 5.74) is 1.07. The van der Waals surface area contributed by atoms with Gasteiger partial charge in [0.15, 0.2) is 0 Å². The van der Waals surface area contributed by atoms with Crippen LogP contribution in [0.2, 0.25) is 0 Å². The standard InChI is InChI=1S/C15H22N2O3.ClH/c1-3-17(15(19)14-8-12(18)9-16-14)10-11-4-6-13(20-2)7-5-11;/h4-7,12,14,16,18H,3,8-10H2,1-2H3;1H. The fourth-order valence-electron chi connectivity index (χ4n) is 2.42. The van der Waals surface area contributed by atoms with E-state index in [9.17, 15) is 9.90 Å². The molecule has 0 aliphatic carbocycles. The Balaban J connectivity index is 0.00000220. The molecule has 0 radical (unpaired) electrons. The van der Waals surface area contributed by atoms with Crippen molar-refractivity contribution in [3.8, 4) is 5.75 Å². The Hall–Kier alpha value is -1.30. The number of hydrogen-bond acceptors (Lipinski definition) is 4. The van der Waals surface area contributed by atoms with Crippen LogP contribution in [-0.4, -0.2) is 48.3 Å². The molecule has 0 spiro atoms. The summed E-state index contributed by atoms with van der Waals surface area (Å²) in [5.74, 6) is 0.864. The number of benzene rings is 1. The van der Waals surface area contributed by atoms with Gasteiger partial charge in [-0.25, -0.2) is 0 Å². The molecule has 1 fully saturated rings. The lowest BCUT2D eigenvalue weighted by atomic mass is 10.1. The van der Waals surface area contributed by atoms with E-state index in [1.54, 1.807) is 12.0 Å². The highest BCUT2D eigenvalue weighted by atomic mass is 35.5. The van der Waals surface area contributed by atoms with Gasteiger partial charge in [0.25, 0.3) is 0 Å². The zero-order valence-corrected chi connectivity index (χ0v) is 13.2. The van der Waals surface area contributed by atoms with Crippen LogP contribution in [0.4, 0.5) is 0 Å². The molecular weight excluding hydrogens is 292 g/mol. The fourth-order valence-corrected chi connectivity index (χ4v) is 2.42.